The number of hydrazone groups is 1. The molecule has 0 saturated carbocycles. The minimum Gasteiger partial charge on any atom is -0.256 e. The van der Waals surface area contributed by atoms with Crippen LogP contribution in [-0.4, -0.2) is 21.2 Å². The van der Waals surface area contributed by atoms with Crippen molar-refractivity contribution in [3.05, 3.63) is 95.6 Å². The fourth-order valence-corrected chi connectivity index (χ4v) is 3.54. The summed E-state index contributed by atoms with van der Waals surface area (Å²) < 4.78 is 0. The summed E-state index contributed by atoms with van der Waals surface area (Å²) in [5.41, 5.74) is 7.43. The van der Waals surface area contributed by atoms with E-state index in [1.165, 1.54) is 0 Å². The molecular weight excluding hydrogens is 394 g/mol. The van der Waals surface area contributed by atoms with E-state index in [1.807, 2.05) is 78.9 Å². The van der Waals surface area contributed by atoms with Gasteiger partial charge >= 0.3 is 0 Å². The van der Waals surface area contributed by atoms with Gasteiger partial charge in [-0.1, -0.05) is 60.1 Å². The maximum atomic E-state index is 6.22. The lowest BCUT2D eigenvalue weighted by molar-refractivity contribution is 1.16. The van der Waals surface area contributed by atoms with E-state index in [-0.39, 0.29) is 0 Å². The average molecular weight is 410 g/mol. The molecule has 5 aromatic rings. The number of halogens is 1. The Bertz CT molecular complexity index is 1380. The number of hydrogen-bond acceptors (Lipinski definition) is 5. The quantitative estimate of drug-likeness (QED) is 0.294. The highest BCUT2D eigenvalue weighted by Gasteiger charge is 2.10. The van der Waals surface area contributed by atoms with Gasteiger partial charge < -0.3 is 0 Å². The molecule has 1 N–H and O–H groups in total. The first-order chi connectivity index (χ1) is 14.8. The predicted molar refractivity (Wildman–Crippen MR) is 123 cm³/mol. The molecule has 0 radical (unpaired) electrons. The van der Waals surface area contributed by atoms with Crippen molar-refractivity contribution >= 4 is 45.6 Å². The number of benzene rings is 3. The molecule has 0 spiro atoms. The lowest BCUT2D eigenvalue weighted by atomic mass is 10.1. The van der Waals surface area contributed by atoms with Crippen LogP contribution in [-0.2, 0) is 0 Å². The average Bonchev–Trinajstić information content (AvgIpc) is 2.79. The molecular formula is C24H16ClN5. The number of nitrogens with zero attached hydrogens (tertiary/aromatic N) is 4. The number of fused-ring (bicyclic) bond motifs is 2. The highest BCUT2D eigenvalue weighted by molar-refractivity contribution is 6.31. The summed E-state index contributed by atoms with van der Waals surface area (Å²) in [5, 5.41) is 6.94. The van der Waals surface area contributed by atoms with Crippen molar-refractivity contribution < 1.29 is 0 Å². The molecule has 0 bridgehead atoms. The second kappa shape index (κ2) is 7.89. The molecule has 0 aliphatic carbocycles. The molecule has 0 amide bonds. The van der Waals surface area contributed by atoms with Crippen LogP contribution in [0.25, 0.3) is 33.1 Å². The van der Waals surface area contributed by atoms with Crippen LogP contribution in [0.15, 0.2) is 90.2 Å². The van der Waals surface area contributed by atoms with Crippen molar-refractivity contribution in [3.8, 4) is 11.3 Å². The molecule has 0 atom stereocenters. The smallest absolute Gasteiger partial charge is 0.244 e. The molecule has 0 fully saturated rings. The largest absolute Gasteiger partial charge is 0.256 e. The Kier molecular flexibility index (Phi) is 4.79. The summed E-state index contributed by atoms with van der Waals surface area (Å²) >= 11 is 6.22. The molecule has 2 heterocycles. The zero-order valence-corrected chi connectivity index (χ0v) is 16.6. The van der Waals surface area contributed by atoms with E-state index in [4.69, 9.17) is 16.6 Å². The molecule has 144 valence electrons. The molecule has 0 unspecified atom stereocenters. The van der Waals surface area contributed by atoms with Gasteiger partial charge in [0.05, 0.1) is 22.9 Å². The number of anilines is 1. The number of nitrogens with one attached hydrogen (secondary N) is 1. The molecule has 3 aromatic carbocycles. The standard InChI is InChI=1S/C24H16ClN5/c25-18-11-12-22-20(14-18)23(16-6-2-1-3-7-16)29-24(28-22)30-27-15-17-8-4-10-21-19(17)9-5-13-26-21/h1-15H,(H,28,29,30)/b27-15+. The lowest BCUT2D eigenvalue weighted by Gasteiger charge is -2.09. The fraction of sp³-hybridized carbons (Fsp3) is 0. The van der Waals surface area contributed by atoms with Gasteiger partial charge in [-0.25, -0.2) is 15.4 Å². The van der Waals surface area contributed by atoms with E-state index in [0.29, 0.717) is 11.0 Å². The van der Waals surface area contributed by atoms with Crippen molar-refractivity contribution in [1.82, 2.24) is 15.0 Å². The minimum absolute atomic E-state index is 0.415. The van der Waals surface area contributed by atoms with Crippen LogP contribution in [0.2, 0.25) is 5.02 Å². The van der Waals surface area contributed by atoms with Crippen LogP contribution >= 0.6 is 11.6 Å². The lowest BCUT2D eigenvalue weighted by Crippen LogP contribution is -2.00. The van der Waals surface area contributed by atoms with Crippen LogP contribution in [0.4, 0.5) is 5.95 Å². The highest BCUT2D eigenvalue weighted by Crippen LogP contribution is 2.29. The summed E-state index contributed by atoms with van der Waals surface area (Å²) in [6, 6.07) is 25.4. The van der Waals surface area contributed by atoms with Crippen molar-refractivity contribution in [2.75, 3.05) is 5.43 Å². The van der Waals surface area contributed by atoms with Gasteiger partial charge in [-0.15, -0.1) is 0 Å². The Morgan fingerprint density at radius 1 is 0.800 bits per heavy atom. The van der Waals surface area contributed by atoms with Crippen molar-refractivity contribution in [3.63, 3.8) is 0 Å². The third-order valence-electron chi connectivity index (χ3n) is 4.75. The zero-order chi connectivity index (χ0) is 20.3. The van der Waals surface area contributed by atoms with Gasteiger partial charge in [0.25, 0.3) is 0 Å². The van der Waals surface area contributed by atoms with Gasteiger partial charge in [0.2, 0.25) is 5.95 Å². The Morgan fingerprint density at radius 2 is 1.70 bits per heavy atom. The van der Waals surface area contributed by atoms with Gasteiger partial charge in [0.1, 0.15) is 0 Å². The normalized spacial score (nSPS) is 11.4. The van der Waals surface area contributed by atoms with Crippen LogP contribution in [0.1, 0.15) is 5.56 Å². The molecule has 2 aromatic heterocycles. The Labute approximate surface area is 178 Å². The number of pyridine rings is 1. The summed E-state index contributed by atoms with van der Waals surface area (Å²) in [4.78, 5) is 13.7. The van der Waals surface area contributed by atoms with E-state index in [2.05, 4.69) is 20.5 Å². The van der Waals surface area contributed by atoms with E-state index in [0.717, 1.165) is 38.6 Å². The Balaban J connectivity index is 1.53. The first-order valence-electron chi connectivity index (χ1n) is 9.43. The van der Waals surface area contributed by atoms with Gasteiger partial charge in [-0.05, 0) is 30.3 Å². The number of hydrogen-bond donors (Lipinski definition) is 1. The van der Waals surface area contributed by atoms with Crippen LogP contribution in [0.5, 0.6) is 0 Å². The van der Waals surface area contributed by atoms with E-state index >= 15 is 0 Å². The Hall–Kier alpha value is -3.83. The molecule has 5 rings (SSSR count). The van der Waals surface area contributed by atoms with Gasteiger partial charge in [-0.3, -0.25) is 4.98 Å². The molecule has 5 nitrogen and oxygen atoms in total. The Morgan fingerprint density at radius 3 is 2.60 bits per heavy atom. The van der Waals surface area contributed by atoms with Crippen molar-refractivity contribution in [1.29, 1.82) is 0 Å². The molecule has 0 saturated heterocycles. The van der Waals surface area contributed by atoms with E-state index in [1.54, 1.807) is 12.4 Å². The first-order valence-corrected chi connectivity index (χ1v) is 9.81. The monoisotopic (exact) mass is 409 g/mol. The fourth-order valence-electron chi connectivity index (χ4n) is 3.37. The van der Waals surface area contributed by atoms with Crippen molar-refractivity contribution in [2.45, 2.75) is 0 Å². The third kappa shape index (κ3) is 3.58. The molecule has 30 heavy (non-hydrogen) atoms. The van der Waals surface area contributed by atoms with Crippen LogP contribution < -0.4 is 5.43 Å². The first kappa shape index (κ1) is 18.2. The molecule has 0 aliphatic heterocycles. The van der Waals surface area contributed by atoms with Gasteiger partial charge in [0.15, 0.2) is 0 Å². The minimum atomic E-state index is 0.415. The third-order valence-corrected chi connectivity index (χ3v) is 4.99. The zero-order valence-electron chi connectivity index (χ0n) is 15.8. The maximum Gasteiger partial charge on any atom is 0.244 e. The van der Waals surface area contributed by atoms with Gasteiger partial charge in [0, 0.05) is 33.1 Å². The number of aromatic nitrogens is 3. The SMILES string of the molecule is Clc1ccc2nc(N/N=C/c3cccc4ncccc34)nc(-c3ccccc3)c2c1. The molecule has 6 heteroatoms. The van der Waals surface area contributed by atoms with Crippen LogP contribution in [0, 0.1) is 0 Å². The van der Waals surface area contributed by atoms with Gasteiger partial charge in [-0.2, -0.15) is 5.10 Å². The second-order valence-corrected chi connectivity index (χ2v) is 7.15. The maximum absolute atomic E-state index is 6.22. The second-order valence-electron chi connectivity index (χ2n) is 6.71. The topological polar surface area (TPSA) is 63.1 Å². The number of rotatable bonds is 4. The van der Waals surface area contributed by atoms with E-state index in [9.17, 15) is 0 Å². The summed E-state index contributed by atoms with van der Waals surface area (Å²) in [7, 11) is 0. The van der Waals surface area contributed by atoms with E-state index < -0.39 is 0 Å². The predicted octanol–water partition coefficient (Wildman–Crippen LogP) is 5.94. The summed E-state index contributed by atoms with van der Waals surface area (Å²) in [5.74, 6) is 0.415. The highest BCUT2D eigenvalue weighted by atomic mass is 35.5. The van der Waals surface area contributed by atoms with Crippen LogP contribution in [0.3, 0.4) is 0 Å². The van der Waals surface area contributed by atoms with Crippen molar-refractivity contribution in [2.24, 2.45) is 5.10 Å². The molecule has 0 aliphatic rings. The summed E-state index contributed by atoms with van der Waals surface area (Å²) in [6.45, 7) is 0. The summed E-state index contributed by atoms with van der Waals surface area (Å²) in [6.07, 6.45) is 3.53.